The number of esters is 1. The van der Waals surface area contributed by atoms with Gasteiger partial charge in [-0.15, -0.1) is 12.4 Å². The van der Waals surface area contributed by atoms with Crippen molar-refractivity contribution in [3.05, 3.63) is 0 Å². The molecule has 0 aromatic rings. The predicted molar refractivity (Wildman–Crippen MR) is 54.0 cm³/mol. The molecule has 1 fully saturated rings. The van der Waals surface area contributed by atoms with Crippen LogP contribution in [-0.4, -0.2) is 26.2 Å². The molecule has 2 unspecified atom stereocenters. The van der Waals surface area contributed by atoms with E-state index in [1.54, 1.807) is 0 Å². The van der Waals surface area contributed by atoms with Gasteiger partial charge >= 0.3 is 5.97 Å². The highest BCUT2D eigenvalue weighted by atomic mass is 35.5. The summed E-state index contributed by atoms with van der Waals surface area (Å²) in [6, 6.07) is 0. The van der Waals surface area contributed by atoms with E-state index < -0.39 is 0 Å². The first-order chi connectivity index (χ1) is 5.79. The van der Waals surface area contributed by atoms with E-state index in [0.29, 0.717) is 5.92 Å². The maximum absolute atomic E-state index is 11.3. The normalized spacial score (nSPS) is 23.4. The van der Waals surface area contributed by atoms with E-state index in [2.05, 4.69) is 5.32 Å². The monoisotopic (exact) mass is 207 g/mol. The van der Waals surface area contributed by atoms with E-state index in [-0.39, 0.29) is 24.3 Å². The molecule has 0 aliphatic carbocycles. The summed E-state index contributed by atoms with van der Waals surface area (Å²) in [6.07, 6.45) is 1.99. The van der Waals surface area contributed by atoms with Crippen molar-refractivity contribution >= 4 is 18.4 Å². The topological polar surface area (TPSA) is 38.3 Å². The zero-order chi connectivity index (χ0) is 8.97. The van der Waals surface area contributed by atoms with Gasteiger partial charge in [-0.05, 0) is 31.8 Å². The first-order valence-corrected chi connectivity index (χ1v) is 4.58. The van der Waals surface area contributed by atoms with Gasteiger partial charge in [0.05, 0.1) is 13.0 Å². The molecule has 0 radical (unpaired) electrons. The number of rotatable bonds is 3. The maximum atomic E-state index is 11.3. The fraction of sp³-hybridized carbons (Fsp3) is 0.889. The first kappa shape index (κ1) is 12.7. The molecule has 78 valence electrons. The molecule has 0 aromatic heterocycles. The molecule has 13 heavy (non-hydrogen) atoms. The summed E-state index contributed by atoms with van der Waals surface area (Å²) in [7, 11) is 1.47. The van der Waals surface area contributed by atoms with Crippen molar-refractivity contribution < 1.29 is 9.53 Å². The van der Waals surface area contributed by atoms with Gasteiger partial charge in [-0.3, -0.25) is 4.79 Å². The van der Waals surface area contributed by atoms with Gasteiger partial charge < -0.3 is 10.1 Å². The van der Waals surface area contributed by atoms with Gasteiger partial charge in [0.1, 0.15) is 0 Å². The lowest BCUT2D eigenvalue weighted by Gasteiger charge is -2.18. The van der Waals surface area contributed by atoms with Crippen LogP contribution in [0.1, 0.15) is 19.8 Å². The number of methoxy groups -OCH3 is 1. The lowest BCUT2D eigenvalue weighted by Crippen LogP contribution is -2.26. The van der Waals surface area contributed by atoms with Crippen LogP contribution in [0, 0.1) is 11.8 Å². The van der Waals surface area contributed by atoms with Gasteiger partial charge in [0.2, 0.25) is 0 Å². The highest BCUT2D eigenvalue weighted by Gasteiger charge is 2.29. The van der Waals surface area contributed by atoms with E-state index in [9.17, 15) is 4.79 Å². The molecule has 0 bridgehead atoms. The third kappa shape index (κ3) is 3.16. The van der Waals surface area contributed by atoms with Gasteiger partial charge in [-0.25, -0.2) is 0 Å². The smallest absolute Gasteiger partial charge is 0.308 e. The molecule has 2 atom stereocenters. The molecular weight excluding hydrogens is 190 g/mol. The maximum Gasteiger partial charge on any atom is 0.308 e. The zero-order valence-electron chi connectivity index (χ0n) is 8.21. The summed E-state index contributed by atoms with van der Waals surface area (Å²) in [5, 5.41) is 3.26. The average molecular weight is 208 g/mol. The molecule has 4 heteroatoms. The van der Waals surface area contributed by atoms with Crippen LogP contribution >= 0.6 is 12.4 Å². The molecule has 1 rings (SSSR count). The molecule has 3 nitrogen and oxygen atoms in total. The van der Waals surface area contributed by atoms with Crippen LogP contribution in [0.5, 0.6) is 0 Å². The number of halogens is 1. The molecular formula is C9H18ClNO2. The summed E-state index contributed by atoms with van der Waals surface area (Å²) in [4.78, 5) is 11.3. The van der Waals surface area contributed by atoms with Crippen LogP contribution in [0.3, 0.4) is 0 Å². The van der Waals surface area contributed by atoms with Crippen LogP contribution in [0.4, 0.5) is 0 Å². The quantitative estimate of drug-likeness (QED) is 0.708. The highest BCUT2D eigenvalue weighted by molar-refractivity contribution is 5.85. The molecule has 1 aliphatic rings. The fourth-order valence-electron chi connectivity index (χ4n) is 1.86. The van der Waals surface area contributed by atoms with E-state index in [4.69, 9.17) is 4.74 Å². The van der Waals surface area contributed by atoms with Gasteiger partial charge in [0.25, 0.3) is 0 Å². The third-order valence-electron chi connectivity index (χ3n) is 2.61. The third-order valence-corrected chi connectivity index (χ3v) is 2.61. The van der Waals surface area contributed by atoms with E-state index in [1.807, 2.05) is 6.92 Å². The summed E-state index contributed by atoms with van der Waals surface area (Å²) in [5.74, 6) is 0.540. The summed E-state index contributed by atoms with van der Waals surface area (Å²) >= 11 is 0. The highest BCUT2D eigenvalue weighted by Crippen LogP contribution is 2.22. The second kappa shape index (κ2) is 6.22. The molecule has 1 heterocycles. The Bertz CT molecular complexity index is 158. The number of carbonyl (C=O) groups excluding carboxylic acids is 1. The molecule has 1 aliphatic heterocycles. The molecule has 1 N–H and O–H groups in total. The van der Waals surface area contributed by atoms with Crippen LogP contribution < -0.4 is 5.32 Å². The number of hydrogen-bond donors (Lipinski definition) is 1. The van der Waals surface area contributed by atoms with Crippen LogP contribution in [-0.2, 0) is 9.53 Å². The van der Waals surface area contributed by atoms with Crippen LogP contribution in [0.25, 0.3) is 0 Å². The van der Waals surface area contributed by atoms with Gasteiger partial charge in [-0.1, -0.05) is 6.92 Å². The van der Waals surface area contributed by atoms with E-state index >= 15 is 0 Å². The second-order valence-electron chi connectivity index (χ2n) is 3.29. The zero-order valence-corrected chi connectivity index (χ0v) is 9.02. The SMILES string of the molecule is CCC(C(=O)OC)C1CCNC1.Cl. The van der Waals surface area contributed by atoms with Crippen molar-refractivity contribution in [1.82, 2.24) is 5.32 Å². The lowest BCUT2D eigenvalue weighted by molar-refractivity contribution is -0.147. The minimum atomic E-state index is -0.0498. The second-order valence-corrected chi connectivity index (χ2v) is 3.29. The van der Waals surface area contributed by atoms with E-state index in [0.717, 1.165) is 25.9 Å². The Hall–Kier alpha value is -0.280. The van der Waals surface area contributed by atoms with Gasteiger partial charge in [0, 0.05) is 0 Å². The van der Waals surface area contributed by atoms with Gasteiger partial charge in [0.15, 0.2) is 0 Å². The predicted octanol–water partition coefficient (Wildman–Crippen LogP) is 1.22. The molecule has 0 spiro atoms. The Balaban J connectivity index is 0.00000144. The molecule has 0 amide bonds. The summed E-state index contributed by atoms with van der Waals surface area (Å²) < 4.78 is 4.75. The number of carbonyl (C=O) groups is 1. The minimum absolute atomic E-state index is 0. The van der Waals surface area contributed by atoms with Crippen molar-refractivity contribution in [3.63, 3.8) is 0 Å². The largest absolute Gasteiger partial charge is 0.469 e. The fourth-order valence-corrected chi connectivity index (χ4v) is 1.86. The first-order valence-electron chi connectivity index (χ1n) is 4.58. The van der Waals surface area contributed by atoms with Crippen molar-refractivity contribution in [2.45, 2.75) is 19.8 Å². The molecule has 0 aromatic carbocycles. The van der Waals surface area contributed by atoms with Crippen molar-refractivity contribution in [2.75, 3.05) is 20.2 Å². The van der Waals surface area contributed by atoms with Crippen molar-refractivity contribution in [1.29, 1.82) is 0 Å². The number of hydrogen-bond acceptors (Lipinski definition) is 3. The number of ether oxygens (including phenoxy) is 1. The standard InChI is InChI=1S/C9H17NO2.ClH/c1-3-8(9(11)12-2)7-4-5-10-6-7;/h7-8,10H,3-6H2,1-2H3;1H. The van der Waals surface area contributed by atoms with Crippen molar-refractivity contribution in [2.24, 2.45) is 11.8 Å². The minimum Gasteiger partial charge on any atom is -0.469 e. The number of nitrogens with one attached hydrogen (secondary N) is 1. The van der Waals surface area contributed by atoms with Crippen LogP contribution in [0.15, 0.2) is 0 Å². The Morgan fingerprint density at radius 3 is 2.77 bits per heavy atom. The molecule has 1 saturated heterocycles. The summed E-state index contributed by atoms with van der Waals surface area (Å²) in [5.41, 5.74) is 0. The Kier molecular flexibility index (Phi) is 6.08. The Morgan fingerprint density at radius 2 is 2.38 bits per heavy atom. The lowest BCUT2D eigenvalue weighted by atomic mass is 9.89. The van der Waals surface area contributed by atoms with Crippen molar-refractivity contribution in [3.8, 4) is 0 Å². The Morgan fingerprint density at radius 1 is 1.69 bits per heavy atom. The summed E-state index contributed by atoms with van der Waals surface area (Å²) in [6.45, 7) is 4.05. The molecule has 0 saturated carbocycles. The van der Waals surface area contributed by atoms with E-state index in [1.165, 1.54) is 7.11 Å². The van der Waals surface area contributed by atoms with Gasteiger partial charge in [-0.2, -0.15) is 0 Å². The Labute approximate surface area is 85.6 Å². The van der Waals surface area contributed by atoms with Crippen LogP contribution in [0.2, 0.25) is 0 Å². The average Bonchev–Trinajstić information content (AvgIpc) is 2.58.